The molecule has 0 spiro atoms. The number of thiazole rings is 1. The third kappa shape index (κ3) is 8.10. The molecule has 1 heterocycles. The van der Waals surface area contributed by atoms with Gasteiger partial charge in [0.15, 0.2) is 5.13 Å². The molecular weight excluding hydrogens is 454 g/mol. The fourth-order valence-electron chi connectivity index (χ4n) is 3.01. The number of methoxy groups -OCH3 is 1. The minimum atomic E-state index is -0.627. The largest absolute Gasteiger partial charge is 0.453 e. The molecule has 3 N–H and O–H groups in total. The van der Waals surface area contributed by atoms with Crippen molar-refractivity contribution in [3.05, 3.63) is 40.9 Å². The number of nitrogens with zero attached hydrogens (tertiary/aromatic N) is 2. The van der Waals surface area contributed by atoms with Gasteiger partial charge in [0.05, 0.1) is 7.11 Å². The van der Waals surface area contributed by atoms with Gasteiger partial charge in [0, 0.05) is 41.8 Å². The minimum Gasteiger partial charge on any atom is -0.453 e. The van der Waals surface area contributed by atoms with Crippen molar-refractivity contribution >= 4 is 52.5 Å². The van der Waals surface area contributed by atoms with E-state index >= 15 is 0 Å². The number of nitrogens with one attached hydrogen (secondary N) is 3. The molecule has 1 aromatic carbocycles. The Balaban J connectivity index is 0.00000512. The van der Waals surface area contributed by atoms with E-state index in [0.29, 0.717) is 35.0 Å². The molecule has 9 nitrogen and oxygen atoms in total. The zero-order chi connectivity index (χ0) is 23.0. The number of halogens is 1. The lowest BCUT2D eigenvalue weighted by Crippen LogP contribution is -2.42. The van der Waals surface area contributed by atoms with E-state index in [1.807, 2.05) is 0 Å². The summed E-state index contributed by atoms with van der Waals surface area (Å²) in [4.78, 5) is 42.6. The monoisotopic (exact) mass is 483 g/mol. The topological polar surface area (TPSA) is 113 Å². The van der Waals surface area contributed by atoms with E-state index in [0.717, 1.165) is 17.9 Å². The van der Waals surface area contributed by atoms with Crippen LogP contribution in [0.25, 0.3) is 0 Å². The predicted octanol–water partition coefficient (Wildman–Crippen LogP) is 3.84. The van der Waals surface area contributed by atoms with Crippen molar-refractivity contribution in [2.75, 3.05) is 30.8 Å². The highest BCUT2D eigenvalue weighted by Crippen LogP contribution is 2.18. The molecule has 0 atom stereocenters. The van der Waals surface area contributed by atoms with E-state index in [4.69, 9.17) is 0 Å². The smallest absolute Gasteiger partial charge is 0.411 e. The number of ether oxygens (including phenoxy) is 1. The fourth-order valence-corrected chi connectivity index (χ4v) is 3.70. The van der Waals surface area contributed by atoms with Crippen molar-refractivity contribution < 1.29 is 19.1 Å². The number of carbonyl (C=O) groups is 3. The van der Waals surface area contributed by atoms with Crippen LogP contribution in [0, 0.1) is 0 Å². The van der Waals surface area contributed by atoms with Gasteiger partial charge in [0.2, 0.25) is 0 Å². The Morgan fingerprint density at radius 1 is 1.09 bits per heavy atom. The maximum absolute atomic E-state index is 12.5. The van der Waals surface area contributed by atoms with E-state index in [1.54, 1.807) is 23.6 Å². The molecule has 2 aromatic rings. The number of amides is 3. The van der Waals surface area contributed by atoms with Crippen LogP contribution in [0.3, 0.4) is 0 Å². The summed E-state index contributed by atoms with van der Waals surface area (Å²) in [6.07, 6.45) is -0.627. The zero-order valence-corrected chi connectivity index (χ0v) is 20.4. The summed E-state index contributed by atoms with van der Waals surface area (Å²) < 4.78 is 4.54. The van der Waals surface area contributed by atoms with Gasteiger partial charge in [0.25, 0.3) is 11.8 Å². The summed E-state index contributed by atoms with van der Waals surface area (Å²) in [7, 11) is 1.26. The molecule has 3 amide bonds. The van der Waals surface area contributed by atoms with E-state index < -0.39 is 12.0 Å². The normalized spacial score (nSPS) is 10.6. The van der Waals surface area contributed by atoms with Gasteiger partial charge in [-0.3, -0.25) is 25.1 Å². The summed E-state index contributed by atoms with van der Waals surface area (Å²) in [5.74, 6) is -0.687. The summed E-state index contributed by atoms with van der Waals surface area (Å²) in [6.45, 7) is 9.74. The van der Waals surface area contributed by atoms with Crippen LogP contribution < -0.4 is 16.0 Å². The molecule has 0 fully saturated rings. The highest BCUT2D eigenvalue weighted by molar-refractivity contribution is 7.14. The lowest BCUT2D eigenvalue weighted by atomic mass is 10.2. The maximum atomic E-state index is 12.5. The molecule has 0 unspecified atom stereocenters. The molecule has 0 aliphatic heterocycles. The van der Waals surface area contributed by atoms with Crippen molar-refractivity contribution in [3.8, 4) is 0 Å². The van der Waals surface area contributed by atoms with Gasteiger partial charge in [-0.05, 0) is 45.9 Å². The van der Waals surface area contributed by atoms with Crippen LogP contribution in [-0.4, -0.2) is 60.1 Å². The number of hydrogen-bond acceptors (Lipinski definition) is 7. The predicted molar refractivity (Wildman–Crippen MR) is 129 cm³/mol. The lowest BCUT2D eigenvalue weighted by molar-refractivity contribution is 0.0934. The number of aromatic nitrogens is 1. The Bertz CT molecular complexity index is 911. The average Bonchev–Trinajstić information content (AvgIpc) is 3.19. The van der Waals surface area contributed by atoms with Crippen molar-refractivity contribution in [3.63, 3.8) is 0 Å². The summed E-state index contributed by atoms with van der Waals surface area (Å²) in [5, 5.41) is 9.95. The molecule has 2 rings (SSSR count). The van der Waals surface area contributed by atoms with Gasteiger partial charge in [-0.25, -0.2) is 9.78 Å². The van der Waals surface area contributed by atoms with Crippen molar-refractivity contribution in [1.82, 2.24) is 15.2 Å². The van der Waals surface area contributed by atoms with Gasteiger partial charge in [-0.2, -0.15) is 0 Å². The number of rotatable bonds is 9. The molecule has 0 bridgehead atoms. The molecule has 176 valence electrons. The molecule has 0 aliphatic rings. The second-order valence-corrected chi connectivity index (χ2v) is 8.23. The van der Waals surface area contributed by atoms with Crippen molar-refractivity contribution in [2.45, 2.75) is 39.8 Å². The highest BCUT2D eigenvalue weighted by atomic mass is 35.5. The molecule has 0 aliphatic carbocycles. The van der Waals surface area contributed by atoms with E-state index in [-0.39, 0.29) is 24.0 Å². The van der Waals surface area contributed by atoms with Gasteiger partial charge in [-0.15, -0.1) is 23.7 Å². The van der Waals surface area contributed by atoms with Gasteiger partial charge in [-0.1, -0.05) is 6.07 Å². The van der Waals surface area contributed by atoms with E-state index in [9.17, 15) is 14.4 Å². The number of anilines is 2. The molecule has 11 heteroatoms. The minimum absolute atomic E-state index is 0. The van der Waals surface area contributed by atoms with E-state index in [1.165, 1.54) is 13.2 Å². The van der Waals surface area contributed by atoms with Crippen molar-refractivity contribution in [2.24, 2.45) is 0 Å². The Morgan fingerprint density at radius 3 is 2.41 bits per heavy atom. The Morgan fingerprint density at radius 2 is 1.78 bits per heavy atom. The molecule has 1 aromatic heterocycles. The third-order valence-electron chi connectivity index (χ3n) is 4.50. The second-order valence-electron chi connectivity index (χ2n) is 7.37. The maximum Gasteiger partial charge on any atom is 0.411 e. The first-order valence-electron chi connectivity index (χ1n) is 9.97. The molecule has 0 saturated carbocycles. The summed E-state index contributed by atoms with van der Waals surface area (Å²) >= 11 is 1.16. The first-order chi connectivity index (χ1) is 14.7. The van der Waals surface area contributed by atoms with Crippen LogP contribution in [0.4, 0.5) is 15.6 Å². The van der Waals surface area contributed by atoms with Crippen LogP contribution in [0.15, 0.2) is 29.6 Å². The van der Waals surface area contributed by atoms with Gasteiger partial charge < -0.3 is 10.1 Å². The molecule has 0 radical (unpaired) electrons. The molecule has 32 heavy (non-hydrogen) atoms. The highest BCUT2D eigenvalue weighted by Gasteiger charge is 2.16. The van der Waals surface area contributed by atoms with Crippen LogP contribution in [0.5, 0.6) is 0 Å². The lowest BCUT2D eigenvalue weighted by Gasteiger charge is -2.30. The fraction of sp³-hybridized carbons (Fsp3) is 0.429. The Kier molecular flexibility index (Phi) is 11.1. The van der Waals surface area contributed by atoms with E-state index in [2.05, 4.69) is 58.3 Å². The SMILES string of the molecule is COC(=O)Nc1cccc(C(=O)Nc2nc(C(=O)NCCN(C(C)C)C(C)C)cs2)c1.Cl. The Hall–Kier alpha value is -2.69. The Labute approximate surface area is 198 Å². The van der Waals surface area contributed by atoms with Crippen molar-refractivity contribution in [1.29, 1.82) is 0 Å². The van der Waals surface area contributed by atoms with Crippen LogP contribution in [0.2, 0.25) is 0 Å². The first kappa shape index (κ1) is 27.3. The first-order valence-corrected chi connectivity index (χ1v) is 10.8. The number of carbonyl (C=O) groups excluding carboxylic acids is 3. The summed E-state index contributed by atoms with van der Waals surface area (Å²) in [6, 6.07) is 7.17. The average molecular weight is 484 g/mol. The third-order valence-corrected chi connectivity index (χ3v) is 5.25. The molecular formula is C21H30ClN5O4S. The summed E-state index contributed by atoms with van der Waals surface area (Å²) in [5.41, 5.74) is 1.01. The standard InChI is InChI=1S/C21H29N5O4S.ClH/c1-13(2)26(14(3)4)10-9-22-19(28)17-12-31-20(24-17)25-18(27)15-7-6-8-16(11-15)23-21(29)30-5;/h6-8,11-14H,9-10H2,1-5H3,(H,22,28)(H,23,29)(H,24,25,27);1H. The van der Waals surface area contributed by atoms with Crippen LogP contribution in [0.1, 0.15) is 48.5 Å². The van der Waals surface area contributed by atoms with Crippen LogP contribution >= 0.6 is 23.7 Å². The number of hydrogen-bond donors (Lipinski definition) is 3. The van der Waals surface area contributed by atoms with Gasteiger partial charge in [0.1, 0.15) is 5.69 Å². The quantitative estimate of drug-likeness (QED) is 0.499. The zero-order valence-electron chi connectivity index (χ0n) is 18.8. The van der Waals surface area contributed by atoms with Crippen LogP contribution in [-0.2, 0) is 4.74 Å². The number of benzene rings is 1. The second kappa shape index (κ2) is 13.0. The molecule has 0 saturated heterocycles. The van der Waals surface area contributed by atoms with Gasteiger partial charge >= 0.3 is 6.09 Å².